The minimum atomic E-state index is 0.0868. The lowest BCUT2D eigenvalue weighted by Crippen LogP contribution is -1.92. The maximum absolute atomic E-state index is 10.9. The number of halogens is 2. The monoisotopic (exact) mass is 248 g/mol. The highest BCUT2D eigenvalue weighted by Gasteiger charge is 2.10. The molecule has 1 atom stereocenters. The molecule has 0 aromatic heterocycles. The first-order valence-electron chi connectivity index (χ1n) is 4.12. The normalized spacial score (nSPS) is 12.6. The molecule has 0 aliphatic carbocycles. The lowest BCUT2D eigenvalue weighted by molar-refractivity contribution is -0.109. The Hall–Kier alpha value is -0.180. The largest absolute Gasteiger partial charge is 0.288 e. The molecule has 0 aliphatic heterocycles. The number of carbonyl (C=O) groups excluding carboxylic acids is 1. The molecule has 0 saturated carbocycles. The predicted octanol–water partition coefficient (Wildman–Crippen LogP) is 4.33. The smallest absolute Gasteiger partial charge is 0.186 e. The topological polar surface area (TPSA) is 17.1 Å². The van der Waals surface area contributed by atoms with Crippen molar-refractivity contribution < 1.29 is 4.79 Å². The third-order valence-electron chi connectivity index (χ3n) is 1.70. The number of carbonyl (C=O) groups is 1. The molecule has 0 saturated heterocycles. The van der Waals surface area contributed by atoms with Gasteiger partial charge in [-0.15, -0.1) is 0 Å². The Morgan fingerprint density at radius 3 is 2.21 bits per heavy atom. The van der Waals surface area contributed by atoms with Crippen molar-refractivity contribution in [3.05, 3.63) is 33.8 Å². The van der Waals surface area contributed by atoms with Gasteiger partial charge in [-0.3, -0.25) is 4.79 Å². The molecule has 0 bridgehead atoms. The van der Waals surface area contributed by atoms with Crippen molar-refractivity contribution >= 4 is 40.1 Å². The van der Waals surface area contributed by atoms with Crippen LogP contribution in [0.15, 0.2) is 18.2 Å². The second-order valence-electron chi connectivity index (χ2n) is 2.95. The van der Waals surface area contributed by atoms with Gasteiger partial charge >= 0.3 is 0 Å². The van der Waals surface area contributed by atoms with Crippen LogP contribution in [-0.2, 0) is 4.79 Å². The van der Waals surface area contributed by atoms with E-state index in [4.69, 9.17) is 23.2 Å². The van der Waals surface area contributed by atoms with Crippen LogP contribution in [0.3, 0.4) is 0 Å². The van der Waals surface area contributed by atoms with E-state index in [1.165, 1.54) is 11.8 Å². The first kappa shape index (κ1) is 11.9. The minimum absolute atomic E-state index is 0.0868. The summed E-state index contributed by atoms with van der Waals surface area (Å²) < 4.78 is 0. The first-order chi connectivity index (χ1) is 6.49. The van der Waals surface area contributed by atoms with Crippen LogP contribution in [0.2, 0.25) is 10.0 Å². The predicted molar refractivity (Wildman–Crippen MR) is 63.1 cm³/mol. The molecule has 0 aliphatic rings. The second kappa shape index (κ2) is 5.06. The molecule has 76 valence electrons. The van der Waals surface area contributed by atoms with E-state index >= 15 is 0 Å². The highest BCUT2D eigenvalue weighted by molar-refractivity contribution is 8.13. The molecular formula is C10H10Cl2OS. The summed E-state index contributed by atoms with van der Waals surface area (Å²) in [6.07, 6.45) is 0. The quantitative estimate of drug-likeness (QED) is 0.775. The SMILES string of the molecule is CC(=O)SC(C)c1cc(Cl)cc(Cl)c1. The molecule has 1 unspecified atom stereocenters. The second-order valence-corrected chi connectivity index (χ2v) is 5.35. The van der Waals surface area contributed by atoms with Crippen molar-refractivity contribution in [2.75, 3.05) is 0 Å². The average Bonchev–Trinajstić information content (AvgIpc) is 2.00. The van der Waals surface area contributed by atoms with Crippen molar-refractivity contribution in [2.45, 2.75) is 19.1 Å². The fourth-order valence-electron chi connectivity index (χ4n) is 1.13. The van der Waals surface area contributed by atoms with Gasteiger partial charge in [0.25, 0.3) is 0 Å². The average molecular weight is 249 g/mol. The van der Waals surface area contributed by atoms with E-state index in [0.29, 0.717) is 10.0 Å². The third kappa shape index (κ3) is 3.52. The van der Waals surface area contributed by atoms with Crippen LogP contribution in [0.4, 0.5) is 0 Å². The van der Waals surface area contributed by atoms with Gasteiger partial charge in [0.1, 0.15) is 0 Å². The molecule has 1 nitrogen and oxygen atoms in total. The summed E-state index contributed by atoms with van der Waals surface area (Å²) in [6.45, 7) is 3.50. The maximum Gasteiger partial charge on any atom is 0.186 e. The lowest BCUT2D eigenvalue weighted by atomic mass is 10.2. The van der Waals surface area contributed by atoms with E-state index < -0.39 is 0 Å². The Morgan fingerprint density at radius 2 is 1.79 bits per heavy atom. The zero-order valence-electron chi connectivity index (χ0n) is 7.88. The van der Waals surface area contributed by atoms with E-state index in [1.54, 1.807) is 13.0 Å². The Labute approximate surface area is 97.8 Å². The molecule has 0 radical (unpaired) electrons. The number of hydrogen-bond donors (Lipinski definition) is 0. The van der Waals surface area contributed by atoms with Crippen molar-refractivity contribution in [1.82, 2.24) is 0 Å². The molecule has 0 N–H and O–H groups in total. The van der Waals surface area contributed by atoms with Gasteiger partial charge < -0.3 is 0 Å². The number of rotatable bonds is 2. The lowest BCUT2D eigenvalue weighted by Gasteiger charge is -2.09. The molecule has 1 aromatic carbocycles. The van der Waals surface area contributed by atoms with Gasteiger partial charge in [-0.25, -0.2) is 0 Å². The maximum atomic E-state index is 10.9. The van der Waals surface area contributed by atoms with Gasteiger partial charge in [0.2, 0.25) is 0 Å². The van der Waals surface area contributed by atoms with Crippen LogP contribution in [0.1, 0.15) is 24.7 Å². The van der Waals surface area contributed by atoms with Crippen LogP contribution >= 0.6 is 35.0 Å². The summed E-state index contributed by atoms with van der Waals surface area (Å²) in [5, 5.41) is 1.38. The molecule has 0 amide bonds. The van der Waals surface area contributed by atoms with Crippen LogP contribution in [0.5, 0.6) is 0 Å². The van der Waals surface area contributed by atoms with E-state index in [-0.39, 0.29) is 10.4 Å². The molecule has 4 heteroatoms. The molecule has 14 heavy (non-hydrogen) atoms. The standard InChI is InChI=1S/C10H10Cl2OS/c1-6(14-7(2)13)8-3-9(11)5-10(12)4-8/h3-6H,1-2H3. The summed E-state index contributed by atoms with van der Waals surface area (Å²) in [7, 11) is 0. The van der Waals surface area contributed by atoms with Gasteiger partial charge in [0.05, 0.1) is 0 Å². The molecular weight excluding hydrogens is 239 g/mol. The Kier molecular flexibility index (Phi) is 4.30. The van der Waals surface area contributed by atoms with E-state index in [2.05, 4.69) is 0 Å². The zero-order chi connectivity index (χ0) is 10.7. The molecule has 0 spiro atoms. The van der Waals surface area contributed by atoms with Gasteiger partial charge in [-0.1, -0.05) is 35.0 Å². The summed E-state index contributed by atoms with van der Waals surface area (Å²) in [5.74, 6) is 0. The highest BCUT2D eigenvalue weighted by Crippen LogP contribution is 2.32. The fraction of sp³-hybridized carbons (Fsp3) is 0.300. The Bertz CT molecular complexity index is 332. The van der Waals surface area contributed by atoms with Gasteiger partial charge in [-0.2, -0.15) is 0 Å². The Morgan fingerprint density at radius 1 is 1.29 bits per heavy atom. The zero-order valence-corrected chi connectivity index (χ0v) is 10.2. The van der Waals surface area contributed by atoms with Crippen LogP contribution < -0.4 is 0 Å². The summed E-state index contributed by atoms with van der Waals surface area (Å²) >= 11 is 13.0. The fourth-order valence-corrected chi connectivity index (χ4v) is 2.44. The molecule has 0 fully saturated rings. The summed E-state index contributed by atoms with van der Waals surface area (Å²) in [6, 6.07) is 5.33. The number of benzene rings is 1. The van der Waals surface area contributed by atoms with E-state index in [0.717, 1.165) is 5.56 Å². The van der Waals surface area contributed by atoms with Gasteiger partial charge in [-0.05, 0) is 30.7 Å². The molecule has 1 aromatic rings. The Balaban J connectivity index is 2.89. The van der Waals surface area contributed by atoms with Crippen LogP contribution in [0, 0.1) is 0 Å². The third-order valence-corrected chi connectivity index (χ3v) is 3.09. The van der Waals surface area contributed by atoms with E-state index in [1.807, 2.05) is 19.1 Å². The van der Waals surface area contributed by atoms with Crippen molar-refractivity contribution in [3.8, 4) is 0 Å². The van der Waals surface area contributed by atoms with Gasteiger partial charge in [0, 0.05) is 22.2 Å². The molecule has 0 heterocycles. The van der Waals surface area contributed by atoms with E-state index in [9.17, 15) is 4.79 Å². The highest BCUT2D eigenvalue weighted by atomic mass is 35.5. The van der Waals surface area contributed by atoms with Crippen LogP contribution in [-0.4, -0.2) is 5.12 Å². The first-order valence-corrected chi connectivity index (χ1v) is 5.76. The minimum Gasteiger partial charge on any atom is -0.288 e. The van der Waals surface area contributed by atoms with Crippen molar-refractivity contribution in [3.63, 3.8) is 0 Å². The molecule has 1 rings (SSSR count). The summed E-state index contributed by atoms with van der Waals surface area (Å²) in [4.78, 5) is 10.9. The summed E-state index contributed by atoms with van der Waals surface area (Å²) in [5.41, 5.74) is 0.975. The van der Waals surface area contributed by atoms with Crippen molar-refractivity contribution in [1.29, 1.82) is 0 Å². The van der Waals surface area contributed by atoms with Crippen molar-refractivity contribution in [2.24, 2.45) is 0 Å². The number of thioether (sulfide) groups is 1. The number of hydrogen-bond acceptors (Lipinski definition) is 2. The van der Waals surface area contributed by atoms with Crippen LogP contribution in [0.25, 0.3) is 0 Å². The van der Waals surface area contributed by atoms with Gasteiger partial charge in [0.15, 0.2) is 5.12 Å².